The molecule has 114 valence electrons. The van der Waals surface area contributed by atoms with Gasteiger partial charge < -0.3 is 16.4 Å². The lowest BCUT2D eigenvalue weighted by molar-refractivity contribution is 0.222. The second kappa shape index (κ2) is 6.89. The Morgan fingerprint density at radius 1 is 1.33 bits per heavy atom. The van der Waals surface area contributed by atoms with Gasteiger partial charge in [-0.2, -0.15) is 0 Å². The van der Waals surface area contributed by atoms with Crippen LogP contribution in [-0.4, -0.2) is 16.6 Å². The number of nitrogens with one attached hydrogen (secondary N) is 2. The molecule has 1 aliphatic rings. The molecule has 2 amide bonds. The third-order valence-electron chi connectivity index (χ3n) is 4.39. The average molecular weight is 305 g/mol. The quantitative estimate of drug-likeness (QED) is 0.747. The van der Waals surface area contributed by atoms with Crippen molar-refractivity contribution in [2.45, 2.75) is 44.6 Å². The number of carbonyl (C=O) groups excluding carboxylic acids is 1. The van der Waals surface area contributed by atoms with Crippen molar-refractivity contribution in [1.29, 1.82) is 0 Å². The standard InChI is InChI=1S/C16H23N3OS/c1-2-12-8-10-16(11-9-12,14(17)21)19-15(20)18-13-6-4-3-5-7-13/h3-7,12H,2,8-11H2,1H3,(H2,17,21)(H2,18,19,20). The summed E-state index contributed by atoms with van der Waals surface area (Å²) in [6.07, 6.45) is 4.93. The van der Waals surface area contributed by atoms with E-state index in [9.17, 15) is 4.79 Å². The fraction of sp³-hybridized carbons (Fsp3) is 0.500. The number of thiocarbonyl (C=S) groups is 1. The van der Waals surface area contributed by atoms with Crippen molar-refractivity contribution in [3.63, 3.8) is 0 Å². The van der Waals surface area contributed by atoms with Crippen LogP contribution in [0.5, 0.6) is 0 Å². The minimum Gasteiger partial charge on any atom is -0.391 e. The van der Waals surface area contributed by atoms with Crippen LogP contribution in [0.1, 0.15) is 39.0 Å². The normalized spacial score (nSPS) is 25.1. The third kappa shape index (κ3) is 3.94. The maximum Gasteiger partial charge on any atom is 0.320 e. The fourth-order valence-corrected chi connectivity index (χ4v) is 3.17. The Hall–Kier alpha value is -1.62. The summed E-state index contributed by atoms with van der Waals surface area (Å²) in [6.45, 7) is 2.20. The third-order valence-corrected chi connectivity index (χ3v) is 4.78. The maximum absolute atomic E-state index is 12.2. The number of benzene rings is 1. The molecule has 0 heterocycles. The number of hydrogen-bond donors (Lipinski definition) is 3. The molecule has 1 fully saturated rings. The summed E-state index contributed by atoms with van der Waals surface area (Å²) in [7, 11) is 0. The van der Waals surface area contributed by atoms with Crippen LogP contribution >= 0.6 is 12.2 Å². The van der Waals surface area contributed by atoms with Gasteiger partial charge in [0.05, 0.1) is 10.5 Å². The van der Waals surface area contributed by atoms with Gasteiger partial charge in [0, 0.05) is 5.69 Å². The summed E-state index contributed by atoms with van der Waals surface area (Å²) in [5.41, 5.74) is 6.14. The molecule has 0 aliphatic heterocycles. The fourth-order valence-electron chi connectivity index (χ4n) is 2.91. The molecule has 0 aromatic heterocycles. The molecular weight excluding hydrogens is 282 g/mol. The summed E-state index contributed by atoms with van der Waals surface area (Å²) >= 11 is 5.22. The van der Waals surface area contributed by atoms with Crippen molar-refractivity contribution in [2.24, 2.45) is 11.7 Å². The molecule has 0 unspecified atom stereocenters. The Balaban J connectivity index is 2.00. The molecule has 5 heteroatoms. The van der Waals surface area contributed by atoms with E-state index in [1.807, 2.05) is 30.3 Å². The molecule has 2 rings (SSSR count). The monoisotopic (exact) mass is 305 g/mol. The van der Waals surface area contributed by atoms with Gasteiger partial charge in [-0.05, 0) is 43.7 Å². The number of amides is 2. The van der Waals surface area contributed by atoms with E-state index in [1.54, 1.807) is 0 Å². The second-order valence-electron chi connectivity index (χ2n) is 5.74. The lowest BCUT2D eigenvalue weighted by Crippen LogP contribution is -2.59. The molecule has 0 spiro atoms. The first-order valence-corrected chi connectivity index (χ1v) is 7.90. The van der Waals surface area contributed by atoms with Gasteiger partial charge in [-0.3, -0.25) is 0 Å². The lowest BCUT2D eigenvalue weighted by Gasteiger charge is -2.39. The minimum atomic E-state index is -0.542. The van der Waals surface area contributed by atoms with E-state index >= 15 is 0 Å². The first-order chi connectivity index (χ1) is 10.1. The smallest absolute Gasteiger partial charge is 0.320 e. The summed E-state index contributed by atoms with van der Waals surface area (Å²) in [6, 6.07) is 9.12. The summed E-state index contributed by atoms with van der Waals surface area (Å²) in [5.74, 6) is 0.714. The molecule has 0 bridgehead atoms. The Bertz CT molecular complexity index is 496. The highest BCUT2D eigenvalue weighted by atomic mass is 32.1. The van der Waals surface area contributed by atoms with Gasteiger partial charge in [0.2, 0.25) is 0 Å². The second-order valence-corrected chi connectivity index (χ2v) is 6.18. The highest BCUT2D eigenvalue weighted by Gasteiger charge is 2.38. The summed E-state index contributed by atoms with van der Waals surface area (Å²) < 4.78 is 0. The van der Waals surface area contributed by atoms with Gasteiger partial charge in [-0.25, -0.2) is 4.79 Å². The Labute approximate surface area is 131 Å². The van der Waals surface area contributed by atoms with Crippen molar-refractivity contribution >= 4 is 28.9 Å². The molecule has 1 aromatic rings. The van der Waals surface area contributed by atoms with Crippen molar-refractivity contribution in [2.75, 3.05) is 5.32 Å². The van der Waals surface area contributed by atoms with Crippen LogP contribution < -0.4 is 16.4 Å². The van der Waals surface area contributed by atoms with Crippen molar-refractivity contribution < 1.29 is 4.79 Å². The van der Waals surface area contributed by atoms with Crippen molar-refractivity contribution in [3.05, 3.63) is 30.3 Å². The zero-order valence-electron chi connectivity index (χ0n) is 12.4. The molecule has 1 aliphatic carbocycles. The topological polar surface area (TPSA) is 67.2 Å². The Morgan fingerprint density at radius 2 is 1.95 bits per heavy atom. The number of urea groups is 1. The van der Waals surface area contributed by atoms with Gasteiger partial charge in [-0.15, -0.1) is 0 Å². The van der Waals surface area contributed by atoms with Crippen LogP contribution in [0.3, 0.4) is 0 Å². The molecule has 0 saturated heterocycles. The van der Waals surface area contributed by atoms with E-state index in [0.29, 0.717) is 10.9 Å². The molecule has 21 heavy (non-hydrogen) atoms. The van der Waals surface area contributed by atoms with Crippen LogP contribution in [0.4, 0.5) is 10.5 Å². The highest BCUT2D eigenvalue weighted by molar-refractivity contribution is 7.80. The van der Waals surface area contributed by atoms with E-state index in [1.165, 1.54) is 6.42 Å². The van der Waals surface area contributed by atoms with E-state index in [2.05, 4.69) is 17.6 Å². The SMILES string of the molecule is CCC1CCC(NC(=O)Nc2ccccc2)(C(N)=S)CC1. The van der Waals surface area contributed by atoms with Gasteiger partial charge in [0.25, 0.3) is 0 Å². The van der Waals surface area contributed by atoms with Gasteiger partial charge >= 0.3 is 6.03 Å². The summed E-state index contributed by atoms with van der Waals surface area (Å²) in [4.78, 5) is 12.6. The van der Waals surface area contributed by atoms with Crippen LogP contribution in [0.15, 0.2) is 30.3 Å². The maximum atomic E-state index is 12.2. The van der Waals surface area contributed by atoms with Gasteiger partial charge in [-0.1, -0.05) is 43.8 Å². The molecule has 4 nitrogen and oxygen atoms in total. The van der Waals surface area contributed by atoms with E-state index in [-0.39, 0.29) is 6.03 Å². The number of anilines is 1. The summed E-state index contributed by atoms with van der Waals surface area (Å²) in [5, 5.41) is 5.84. The zero-order valence-corrected chi connectivity index (χ0v) is 13.2. The number of rotatable bonds is 4. The lowest BCUT2D eigenvalue weighted by atomic mass is 9.75. The van der Waals surface area contributed by atoms with Crippen LogP contribution in [-0.2, 0) is 0 Å². The average Bonchev–Trinajstić information content (AvgIpc) is 2.48. The molecular formula is C16H23N3OS. The van der Waals surface area contributed by atoms with Gasteiger partial charge in [0.15, 0.2) is 0 Å². The zero-order chi connectivity index (χ0) is 15.3. The number of nitrogens with two attached hydrogens (primary N) is 1. The predicted octanol–water partition coefficient (Wildman–Crippen LogP) is 3.43. The first kappa shape index (κ1) is 15.8. The van der Waals surface area contributed by atoms with E-state index in [4.69, 9.17) is 18.0 Å². The molecule has 0 radical (unpaired) electrons. The van der Waals surface area contributed by atoms with Crippen LogP contribution in [0.25, 0.3) is 0 Å². The predicted molar refractivity (Wildman–Crippen MR) is 90.4 cm³/mol. The van der Waals surface area contributed by atoms with Crippen LogP contribution in [0.2, 0.25) is 0 Å². The highest BCUT2D eigenvalue weighted by Crippen LogP contribution is 2.34. The number of hydrogen-bond acceptors (Lipinski definition) is 2. The van der Waals surface area contributed by atoms with E-state index in [0.717, 1.165) is 31.4 Å². The Kier molecular flexibility index (Phi) is 5.17. The van der Waals surface area contributed by atoms with Crippen molar-refractivity contribution in [1.82, 2.24) is 5.32 Å². The number of para-hydroxylation sites is 1. The largest absolute Gasteiger partial charge is 0.391 e. The Morgan fingerprint density at radius 3 is 2.48 bits per heavy atom. The minimum absolute atomic E-state index is 0.246. The van der Waals surface area contributed by atoms with Gasteiger partial charge in [0.1, 0.15) is 0 Å². The van der Waals surface area contributed by atoms with Crippen molar-refractivity contribution in [3.8, 4) is 0 Å². The first-order valence-electron chi connectivity index (χ1n) is 7.50. The molecule has 4 N–H and O–H groups in total. The van der Waals surface area contributed by atoms with E-state index < -0.39 is 5.54 Å². The molecule has 0 atom stereocenters. The number of carbonyl (C=O) groups is 1. The molecule has 1 saturated carbocycles. The molecule has 1 aromatic carbocycles. The van der Waals surface area contributed by atoms with Crippen LogP contribution in [0, 0.1) is 5.92 Å².